The maximum Gasteiger partial charge on any atom is 0.0596 e. The van der Waals surface area contributed by atoms with Crippen LogP contribution in [0.25, 0.3) is 0 Å². The van der Waals surface area contributed by atoms with Crippen molar-refractivity contribution >= 4 is 11.6 Å². The zero-order chi connectivity index (χ0) is 12.3. The first kappa shape index (κ1) is 13.6. The number of aryl methyl sites for hydroxylation is 2. The van der Waals surface area contributed by atoms with Gasteiger partial charge in [0.15, 0.2) is 0 Å². The summed E-state index contributed by atoms with van der Waals surface area (Å²) in [4.78, 5) is 0. The van der Waals surface area contributed by atoms with Crippen molar-refractivity contribution in [2.45, 2.75) is 47.6 Å². The van der Waals surface area contributed by atoms with Crippen LogP contribution in [0.2, 0.25) is 0 Å². The van der Waals surface area contributed by atoms with Gasteiger partial charge in [0.25, 0.3) is 0 Å². The van der Waals surface area contributed by atoms with Crippen molar-refractivity contribution < 1.29 is 0 Å². The first-order valence-electron chi connectivity index (χ1n) is 6.02. The SMILES string of the molecule is CCn1nc(C)cc1CC(C)(CCl)C(C)C. The minimum atomic E-state index is 0.154. The molecule has 0 fully saturated rings. The van der Waals surface area contributed by atoms with Crippen LogP contribution in [-0.2, 0) is 13.0 Å². The van der Waals surface area contributed by atoms with E-state index in [1.165, 1.54) is 5.69 Å². The number of hydrogen-bond acceptors (Lipinski definition) is 1. The van der Waals surface area contributed by atoms with Crippen molar-refractivity contribution in [3.05, 3.63) is 17.5 Å². The van der Waals surface area contributed by atoms with Crippen LogP contribution < -0.4 is 0 Å². The van der Waals surface area contributed by atoms with Crippen molar-refractivity contribution in [1.29, 1.82) is 0 Å². The van der Waals surface area contributed by atoms with E-state index in [0.717, 1.165) is 18.7 Å². The molecule has 0 amide bonds. The molecule has 0 bridgehead atoms. The second-order valence-electron chi connectivity index (χ2n) is 5.21. The Bertz CT molecular complexity index is 344. The highest BCUT2D eigenvalue weighted by atomic mass is 35.5. The molecule has 16 heavy (non-hydrogen) atoms. The van der Waals surface area contributed by atoms with E-state index in [1.54, 1.807) is 0 Å². The minimum Gasteiger partial charge on any atom is -0.270 e. The molecule has 0 aliphatic carbocycles. The zero-order valence-electron chi connectivity index (χ0n) is 11.0. The van der Waals surface area contributed by atoms with Gasteiger partial charge in [0, 0.05) is 18.1 Å². The lowest BCUT2D eigenvalue weighted by Gasteiger charge is -2.31. The van der Waals surface area contributed by atoms with E-state index in [0.29, 0.717) is 11.8 Å². The smallest absolute Gasteiger partial charge is 0.0596 e. The van der Waals surface area contributed by atoms with E-state index in [2.05, 4.69) is 43.5 Å². The van der Waals surface area contributed by atoms with E-state index in [-0.39, 0.29) is 5.41 Å². The molecule has 1 unspecified atom stereocenters. The van der Waals surface area contributed by atoms with Crippen molar-refractivity contribution in [3.8, 4) is 0 Å². The Morgan fingerprint density at radius 1 is 1.50 bits per heavy atom. The molecule has 1 atom stereocenters. The average molecular weight is 243 g/mol. The first-order valence-corrected chi connectivity index (χ1v) is 6.55. The lowest BCUT2D eigenvalue weighted by atomic mass is 9.77. The fourth-order valence-electron chi connectivity index (χ4n) is 1.83. The quantitative estimate of drug-likeness (QED) is 0.721. The van der Waals surface area contributed by atoms with Gasteiger partial charge in [0.1, 0.15) is 0 Å². The van der Waals surface area contributed by atoms with Crippen LogP contribution in [0.4, 0.5) is 0 Å². The van der Waals surface area contributed by atoms with Crippen LogP contribution in [0.15, 0.2) is 6.07 Å². The summed E-state index contributed by atoms with van der Waals surface area (Å²) >= 11 is 6.13. The van der Waals surface area contributed by atoms with E-state index in [4.69, 9.17) is 11.6 Å². The van der Waals surface area contributed by atoms with E-state index in [9.17, 15) is 0 Å². The Hall–Kier alpha value is -0.500. The minimum absolute atomic E-state index is 0.154. The number of rotatable bonds is 5. The summed E-state index contributed by atoms with van der Waals surface area (Å²) in [7, 11) is 0. The van der Waals surface area contributed by atoms with Crippen LogP contribution in [0, 0.1) is 18.3 Å². The number of alkyl halides is 1. The normalized spacial score (nSPS) is 15.4. The molecule has 0 radical (unpaired) electrons. The molecular formula is C13H23ClN2. The fraction of sp³-hybridized carbons (Fsp3) is 0.769. The maximum atomic E-state index is 6.13. The lowest BCUT2D eigenvalue weighted by molar-refractivity contribution is 0.247. The molecule has 1 rings (SSSR count). The maximum absolute atomic E-state index is 6.13. The van der Waals surface area contributed by atoms with Crippen LogP contribution in [-0.4, -0.2) is 15.7 Å². The molecule has 3 heteroatoms. The monoisotopic (exact) mass is 242 g/mol. The third kappa shape index (κ3) is 2.79. The standard InChI is InChI=1S/C13H23ClN2/c1-6-16-12(7-11(4)15-16)8-13(5,9-14)10(2)3/h7,10H,6,8-9H2,1-5H3. The number of nitrogens with zero attached hydrogens (tertiary/aromatic N) is 2. The summed E-state index contributed by atoms with van der Waals surface area (Å²) < 4.78 is 2.09. The molecule has 0 aromatic carbocycles. The Morgan fingerprint density at radius 3 is 2.56 bits per heavy atom. The molecule has 0 saturated heterocycles. The van der Waals surface area contributed by atoms with Gasteiger partial charge in [-0.05, 0) is 37.7 Å². The second-order valence-corrected chi connectivity index (χ2v) is 5.48. The van der Waals surface area contributed by atoms with Crippen LogP contribution in [0.3, 0.4) is 0 Å². The molecule has 1 aromatic heterocycles. The molecule has 0 N–H and O–H groups in total. The summed E-state index contributed by atoms with van der Waals surface area (Å²) in [5.41, 5.74) is 2.55. The topological polar surface area (TPSA) is 17.8 Å². The van der Waals surface area contributed by atoms with Gasteiger partial charge in [-0.1, -0.05) is 20.8 Å². The summed E-state index contributed by atoms with van der Waals surface area (Å²) in [5, 5.41) is 4.48. The van der Waals surface area contributed by atoms with E-state index < -0.39 is 0 Å². The van der Waals surface area contributed by atoms with Crippen molar-refractivity contribution in [1.82, 2.24) is 9.78 Å². The third-order valence-corrected chi connectivity index (χ3v) is 4.18. The summed E-state index contributed by atoms with van der Waals surface area (Å²) in [6.45, 7) is 11.8. The highest BCUT2D eigenvalue weighted by molar-refractivity contribution is 6.18. The van der Waals surface area contributed by atoms with Crippen LogP contribution in [0.1, 0.15) is 39.1 Å². The van der Waals surface area contributed by atoms with Crippen LogP contribution in [0.5, 0.6) is 0 Å². The van der Waals surface area contributed by atoms with Crippen molar-refractivity contribution in [2.24, 2.45) is 11.3 Å². The highest BCUT2D eigenvalue weighted by Crippen LogP contribution is 2.32. The Kier molecular flexibility index (Phi) is 4.43. The van der Waals surface area contributed by atoms with E-state index >= 15 is 0 Å². The van der Waals surface area contributed by atoms with Crippen molar-refractivity contribution in [3.63, 3.8) is 0 Å². The summed E-state index contributed by atoms with van der Waals surface area (Å²) in [6.07, 6.45) is 1.00. The Labute approximate surface area is 104 Å². The molecule has 1 aromatic rings. The number of hydrogen-bond donors (Lipinski definition) is 0. The van der Waals surface area contributed by atoms with Gasteiger partial charge in [0.2, 0.25) is 0 Å². The Balaban J connectivity index is 2.93. The Morgan fingerprint density at radius 2 is 2.12 bits per heavy atom. The first-order chi connectivity index (χ1) is 7.42. The molecule has 0 spiro atoms. The number of aromatic nitrogens is 2. The highest BCUT2D eigenvalue weighted by Gasteiger charge is 2.29. The molecule has 0 aliphatic heterocycles. The molecule has 0 saturated carbocycles. The third-order valence-electron chi connectivity index (χ3n) is 3.57. The summed E-state index contributed by atoms with van der Waals surface area (Å²) in [6, 6.07) is 2.18. The predicted octanol–water partition coefficient (Wildman–Crippen LogP) is 3.66. The van der Waals surface area contributed by atoms with Crippen LogP contribution >= 0.6 is 11.6 Å². The van der Waals surface area contributed by atoms with Gasteiger partial charge < -0.3 is 0 Å². The van der Waals surface area contributed by atoms with Gasteiger partial charge >= 0.3 is 0 Å². The number of halogens is 1. The van der Waals surface area contributed by atoms with Gasteiger partial charge in [-0.15, -0.1) is 11.6 Å². The zero-order valence-corrected chi connectivity index (χ0v) is 11.8. The predicted molar refractivity (Wildman–Crippen MR) is 70.0 cm³/mol. The lowest BCUT2D eigenvalue weighted by Crippen LogP contribution is -2.29. The molecule has 1 heterocycles. The largest absolute Gasteiger partial charge is 0.270 e. The average Bonchev–Trinajstić information content (AvgIpc) is 2.58. The van der Waals surface area contributed by atoms with Gasteiger partial charge in [0.05, 0.1) is 5.69 Å². The fourth-order valence-corrected chi connectivity index (χ4v) is 2.24. The van der Waals surface area contributed by atoms with Gasteiger partial charge in [-0.3, -0.25) is 4.68 Å². The van der Waals surface area contributed by atoms with Gasteiger partial charge in [-0.25, -0.2) is 0 Å². The molecule has 92 valence electrons. The molecule has 2 nitrogen and oxygen atoms in total. The molecular weight excluding hydrogens is 220 g/mol. The second kappa shape index (κ2) is 5.22. The molecule has 0 aliphatic rings. The van der Waals surface area contributed by atoms with Crippen molar-refractivity contribution in [2.75, 3.05) is 5.88 Å². The van der Waals surface area contributed by atoms with Gasteiger partial charge in [-0.2, -0.15) is 5.10 Å². The van der Waals surface area contributed by atoms with E-state index in [1.807, 2.05) is 6.92 Å². The summed E-state index contributed by atoms with van der Waals surface area (Å²) in [5.74, 6) is 1.27.